The van der Waals surface area contributed by atoms with Gasteiger partial charge in [0, 0.05) is 24.0 Å². The molecule has 1 N–H and O–H groups in total. The Morgan fingerprint density at radius 3 is 2.86 bits per heavy atom. The van der Waals surface area contributed by atoms with E-state index in [0.29, 0.717) is 24.1 Å². The van der Waals surface area contributed by atoms with E-state index < -0.39 is 14.6 Å². The number of fused-ring (bicyclic) bond motifs is 1. The zero-order chi connectivity index (χ0) is 15.4. The minimum Gasteiger partial charge on any atom is -0.345 e. The van der Waals surface area contributed by atoms with Crippen molar-refractivity contribution in [3.63, 3.8) is 0 Å². The van der Waals surface area contributed by atoms with Crippen LogP contribution in [0.1, 0.15) is 25.1 Å². The molecule has 0 aromatic carbocycles. The van der Waals surface area contributed by atoms with E-state index in [1.54, 1.807) is 12.4 Å². The molecule has 1 aliphatic carbocycles. The van der Waals surface area contributed by atoms with Crippen LogP contribution < -0.4 is 0 Å². The van der Waals surface area contributed by atoms with Gasteiger partial charge < -0.3 is 9.51 Å². The molecule has 1 aliphatic rings. The summed E-state index contributed by atoms with van der Waals surface area (Å²) in [7, 11) is -3.30. The summed E-state index contributed by atoms with van der Waals surface area (Å²) < 4.78 is 28.5. The molecule has 3 heterocycles. The lowest BCUT2D eigenvalue weighted by atomic mass is 9.83. The van der Waals surface area contributed by atoms with Gasteiger partial charge in [-0.2, -0.15) is 4.98 Å². The Bertz CT molecular complexity index is 955. The second kappa shape index (κ2) is 4.35. The van der Waals surface area contributed by atoms with Gasteiger partial charge >= 0.3 is 0 Å². The van der Waals surface area contributed by atoms with Crippen LogP contribution in [0.15, 0.2) is 23.2 Å². The lowest BCUT2D eigenvalue weighted by molar-refractivity contribution is 0.314. The van der Waals surface area contributed by atoms with Gasteiger partial charge in [0.25, 0.3) is 5.89 Å². The maximum atomic E-state index is 12.1. The maximum absolute atomic E-state index is 12.1. The van der Waals surface area contributed by atoms with Crippen LogP contribution in [-0.4, -0.2) is 39.8 Å². The fraction of sp³-hybridized carbons (Fsp3) is 0.385. The molecule has 0 bridgehead atoms. The predicted molar refractivity (Wildman–Crippen MR) is 77.6 cm³/mol. The van der Waals surface area contributed by atoms with Gasteiger partial charge in [-0.3, -0.25) is 0 Å². The summed E-state index contributed by atoms with van der Waals surface area (Å²) in [6.45, 7) is 0. The molecule has 0 radical (unpaired) electrons. The van der Waals surface area contributed by atoms with Crippen molar-refractivity contribution in [2.45, 2.75) is 24.0 Å². The summed E-state index contributed by atoms with van der Waals surface area (Å²) in [5.74, 6) is 0.508. The monoisotopic (exact) mass is 319 g/mol. The third kappa shape index (κ3) is 1.71. The number of nitrogens with zero attached hydrogens (tertiary/aromatic N) is 4. The molecule has 1 fully saturated rings. The maximum Gasteiger partial charge on any atom is 0.260 e. The molecule has 0 atom stereocenters. The van der Waals surface area contributed by atoms with Gasteiger partial charge in [-0.15, -0.1) is 0 Å². The molecule has 0 spiro atoms. The summed E-state index contributed by atoms with van der Waals surface area (Å²) in [6.07, 6.45) is 7.91. The largest absolute Gasteiger partial charge is 0.345 e. The van der Waals surface area contributed by atoms with E-state index in [0.717, 1.165) is 11.8 Å². The van der Waals surface area contributed by atoms with Gasteiger partial charge in [-0.1, -0.05) is 5.16 Å². The Morgan fingerprint density at radius 2 is 2.18 bits per heavy atom. The molecular formula is C13H13N5O3S. The van der Waals surface area contributed by atoms with Crippen molar-refractivity contribution in [1.29, 1.82) is 0 Å². The molecule has 0 amide bonds. The van der Waals surface area contributed by atoms with Gasteiger partial charge in [0.2, 0.25) is 0 Å². The van der Waals surface area contributed by atoms with Gasteiger partial charge in [0.1, 0.15) is 16.7 Å². The van der Waals surface area contributed by atoms with Gasteiger partial charge in [-0.05, 0) is 19.3 Å². The van der Waals surface area contributed by atoms with Crippen LogP contribution in [0.5, 0.6) is 0 Å². The molecular weight excluding hydrogens is 306 g/mol. The summed E-state index contributed by atoms with van der Waals surface area (Å²) in [4.78, 5) is 15.4. The SMILES string of the molecule is CS(=O)(=O)C1(c2noc(-c3c[nH]c4ncncc34)n2)CCC1. The van der Waals surface area contributed by atoms with Crippen LogP contribution in [0.2, 0.25) is 0 Å². The molecule has 0 unspecified atom stereocenters. The summed E-state index contributed by atoms with van der Waals surface area (Å²) in [5.41, 5.74) is 1.32. The first-order chi connectivity index (χ1) is 10.5. The van der Waals surface area contributed by atoms with E-state index in [9.17, 15) is 8.42 Å². The summed E-state index contributed by atoms with van der Waals surface area (Å²) in [6, 6.07) is 0. The molecule has 4 rings (SSSR count). The second-order valence-electron chi connectivity index (χ2n) is 5.53. The molecule has 9 heteroatoms. The lowest BCUT2D eigenvalue weighted by Gasteiger charge is -2.36. The fourth-order valence-electron chi connectivity index (χ4n) is 2.81. The number of H-pyrrole nitrogens is 1. The number of aromatic amines is 1. The minimum atomic E-state index is -3.30. The van der Waals surface area contributed by atoms with Crippen LogP contribution in [0.3, 0.4) is 0 Å². The smallest absolute Gasteiger partial charge is 0.260 e. The number of aromatic nitrogens is 5. The zero-order valence-electron chi connectivity index (χ0n) is 11.8. The highest BCUT2D eigenvalue weighted by Gasteiger charge is 2.51. The molecule has 0 aliphatic heterocycles. The van der Waals surface area contributed by atoms with Gasteiger partial charge in [-0.25, -0.2) is 18.4 Å². The van der Waals surface area contributed by atoms with Crippen molar-refractivity contribution in [3.05, 3.63) is 24.5 Å². The Hall–Kier alpha value is -2.29. The highest BCUT2D eigenvalue weighted by molar-refractivity contribution is 7.91. The minimum absolute atomic E-state index is 0.238. The van der Waals surface area contributed by atoms with Crippen LogP contribution in [0.4, 0.5) is 0 Å². The van der Waals surface area contributed by atoms with E-state index >= 15 is 0 Å². The molecule has 22 heavy (non-hydrogen) atoms. The first kappa shape index (κ1) is 13.4. The molecule has 3 aromatic heterocycles. The van der Waals surface area contributed by atoms with E-state index in [2.05, 4.69) is 25.1 Å². The molecule has 1 saturated carbocycles. The topological polar surface area (TPSA) is 115 Å². The standard InChI is InChI=1S/C13H13N5O3S/c1-22(19,20)13(3-2-4-13)12-17-11(21-18-12)9-6-15-10-8(9)5-14-7-16-10/h5-7H,2-4H2,1H3,(H,14,15,16). The predicted octanol–water partition coefficient (Wildman–Crippen LogP) is 1.43. The Balaban J connectivity index is 1.82. The molecule has 114 valence electrons. The van der Waals surface area contributed by atoms with Crippen molar-refractivity contribution in [2.24, 2.45) is 0 Å². The fourth-order valence-corrected chi connectivity index (χ4v) is 4.26. The second-order valence-corrected chi connectivity index (χ2v) is 7.86. The van der Waals surface area contributed by atoms with Crippen molar-refractivity contribution >= 4 is 20.9 Å². The van der Waals surface area contributed by atoms with Crippen LogP contribution >= 0.6 is 0 Å². The molecule has 3 aromatic rings. The van der Waals surface area contributed by atoms with E-state index in [1.165, 1.54) is 12.6 Å². The third-order valence-electron chi connectivity index (χ3n) is 4.29. The Kier molecular flexibility index (Phi) is 2.65. The molecule has 0 saturated heterocycles. The summed E-state index contributed by atoms with van der Waals surface area (Å²) in [5, 5.41) is 4.67. The van der Waals surface area contributed by atoms with Crippen molar-refractivity contribution < 1.29 is 12.9 Å². The zero-order valence-corrected chi connectivity index (χ0v) is 12.6. The number of nitrogens with one attached hydrogen (secondary N) is 1. The Labute approximate surface area is 125 Å². The van der Waals surface area contributed by atoms with Crippen molar-refractivity contribution in [1.82, 2.24) is 25.1 Å². The average Bonchev–Trinajstić information content (AvgIpc) is 3.01. The number of sulfone groups is 1. The number of hydrogen-bond donors (Lipinski definition) is 1. The van der Waals surface area contributed by atoms with Crippen molar-refractivity contribution in [3.8, 4) is 11.5 Å². The molecule has 8 nitrogen and oxygen atoms in total. The summed E-state index contributed by atoms with van der Waals surface area (Å²) >= 11 is 0. The van der Waals surface area contributed by atoms with Crippen LogP contribution in [0, 0.1) is 0 Å². The Morgan fingerprint density at radius 1 is 1.36 bits per heavy atom. The van der Waals surface area contributed by atoms with Crippen LogP contribution in [-0.2, 0) is 14.6 Å². The average molecular weight is 319 g/mol. The third-order valence-corrected chi connectivity index (χ3v) is 6.30. The van der Waals surface area contributed by atoms with Gasteiger partial charge in [0.05, 0.1) is 5.56 Å². The number of rotatable bonds is 3. The highest BCUT2D eigenvalue weighted by Crippen LogP contribution is 2.47. The van der Waals surface area contributed by atoms with Crippen molar-refractivity contribution in [2.75, 3.05) is 6.26 Å². The first-order valence-electron chi connectivity index (χ1n) is 6.82. The van der Waals surface area contributed by atoms with Crippen LogP contribution in [0.25, 0.3) is 22.5 Å². The van der Waals surface area contributed by atoms with E-state index in [4.69, 9.17) is 4.52 Å². The highest BCUT2D eigenvalue weighted by atomic mass is 32.2. The normalized spacial score (nSPS) is 17.5. The quantitative estimate of drug-likeness (QED) is 0.776. The van der Waals surface area contributed by atoms with E-state index in [-0.39, 0.29) is 11.7 Å². The first-order valence-corrected chi connectivity index (χ1v) is 8.72. The number of hydrogen-bond acceptors (Lipinski definition) is 7. The van der Waals surface area contributed by atoms with Gasteiger partial charge in [0.15, 0.2) is 15.7 Å². The lowest BCUT2D eigenvalue weighted by Crippen LogP contribution is -2.42. The van der Waals surface area contributed by atoms with E-state index in [1.807, 2.05) is 0 Å².